The summed E-state index contributed by atoms with van der Waals surface area (Å²) in [6.45, 7) is 2.08. The van der Waals surface area contributed by atoms with Crippen LogP contribution in [0.1, 0.15) is 24.8 Å². The van der Waals surface area contributed by atoms with Gasteiger partial charge in [0.25, 0.3) is 0 Å². The summed E-state index contributed by atoms with van der Waals surface area (Å²) in [4.78, 5) is 0. The quantitative estimate of drug-likeness (QED) is 0.786. The van der Waals surface area contributed by atoms with Gasteiger partial charge in [0.05, 0.1) is 0 Å². The summed E-state index contributed by atoms with van der Waals surface area (Å²) >= 11 is 0. The zero-order chi connectivity index (χ0) is 10.7. The lowest BCUT2D eigenvalue weighted by molar-refractivity contribution is 0.452. The Balaban J connectivity index is 3.07. The first kappa shape index (κ1) is 10.9. The van der Waals surface area contributed by atoms with Crippen molar-refractivity contribution in [3.8, 4) is 5.75 Å². The van der Waals surface area contributed by atoms with Crippen molar-refractivity contribution in [3.05, 3.63) is 29.3 Å². The third-order valence-electron chi connectivity index (χ3n) is 2.16. The topological polar surface area (TPSA) is 46.2 Å². The van der Waals surface area contributed by atoms with E-state index >= 15 is 0 Å². The minimum absolute atomic E-state index is 0.00625. The van der Waals surface area contributed by atoms with Crippen molar-refractivity contribution in [2.24, 2.45) is 5.73 Å². The van der Waals surface area contributed by atoms with E-state index in [4.69, 9.17) is 10.8 Å². The van der Waals surface area contributed by atoms with E-state index in [1.54, 1.807) is 6.92 Å². The molecular formula is C10H13F2NO. The summed E-state index contributed by atoms with van der Waals surface area (Å²) < 4.78 is 26.5. The molecule has 0 aliphatic heterocycles. The van der Waals surface area contributed by atoms with Gasteiger partial charge in [-0.3, -0.25) is 0 Å². The van der Waals surface area contributed by atoms with Crippen LogP contribution in [0, 0.1) is 11.6 Å². The predicted molar refractivity (Wildman–Crippen MR) is 50.1 cm³/mol. The van der Waals surface area contributed by atoms with E-state index in [-0.39, 0.29) is 11.5 Å². The zero-order valence-corrected chi connectivity index (χ0v) is 7.93. The SMILES string of the molecule is CC(CCN)c1c(F)cc(O)cc1F. The molecule has 1 aromatic rings. The molecule has 2 nitrogen and oxygen atoms in total. The van der Waals surface area contributed by atoms with E-state index in [1.807, 2.05) is 0 Å². The summed E-state index contributed by atoms with van der Waals surface area (Å²) in [7, 11) is 0. The molecule has 0 radical (unpaired) electrons. The summed E-state index contributed by atoms with van der Waals surface area (Å²) in [6, 6.07) is 1.82. The lowest BCUT2D eigenvalue weighted by atomic mass is 9.96. The van der Waals surface area contributed by atoms with Gasteiger partial charge in [-0.2, -0.15) is 0 Å². The number of phenolic OH excluding ortho intramolecular Hbond substituents is 1. The van der Waals surface area contributed by atoms with Crippen LogP contribution in [0.4, 0.5) is 8.78 Å². The number of hydrogen-bond donors (Lipinski definition) is 2. The van der Waals surface area contributed by atoms with Gasteiger partial charge in [-0.1, -0.05) is 6.92 Å². The summed E-state index contributed by atoms with van der Waals surface area (Å²) in [5.41, 5.74) is 5.30. The molecule has 0 heterocycles. The van der Waals surface area contributed by atoms with E-state index in [9.17, 15) is 8.78 Å². The van der Waals surface area contributed by atoms with Gasteiger partial charge in [-0.25, -0.2) is 8.78 Å². The van der Waals surface area contributed by atoms with E-state index in [0.717, 1.165) is 12.1 Å². The van der Waals surface area contributed by atoms with Gasteiger partial charge in [-0.05, 0) is 18.9 Å². The highest BCUT2D eigenvalue weighted by Crippen LogP contribution is 2.27. The fourth-order valence-corrected chi connectivity index (χ4v) is 1.44. The van der Waals surface area contributed by atoms with Gasteiger partial charge in [-0.15, -0.1) is 0 Å². The molecule has 0 fully saturated rings. The van der Waals surface area contributed by atoms with Crippen LogP contribution in [0.2, 0.25) is 0 Å². The van der Waals surface area contributed by atoms with Crippen molar-refractivity contribution in [2.75, 3.05) is 6.54 Å². The van der Waals surface area contributed by atoms with Crippen molar-refractivity contribution in [1.29, 1.82) is 0 Å². The molecule has 1 aromatic carbocycles. The van der Waals surface area contributed by atoms with Crippen LogP contribution < -0.4 is 5.73 Å². The Labute approximate surface area is 81.4 Å². The number of hydrogen-bond acceptors (Lipinski definition) is 2. The smallest absolute Gasteiger partial charge is 0.133 e. The van der Waals surface area contributed by atoms with E-state index < -0.39 is 17.4 Å². The number of aromatic hydroxyl groups is 1. The molecule has 78 valence electrons. The van der Waals surface area contributed by atoms with Gasteiger partial charge in [0.15, 0.2) is 0 Å². The molecule has 14 heavy (non-hydrogen) atoms. The summed E-state index contributed by atoms with van der Waals surface area (Å²) in [5.74, 6) is -2.11. The molecule has 1 rings (SSSR count). The average Bonchev–Trinajstić information content (AvgIpc) is 2.01. The first-order valence-electron chi connectivity index (χ1n) is 4.44. The Kier molecular flexibility index (Phi) is 3.41. The highest BCUT2D eigenvalue weighted by molar-refractivity contribution is 5.31. The maximum Gasteiger partial charge on any atom is 0.133 e. The number of halogens is 2. The molecule has 0 amide bonds. The Bertz CT molecular complexity index is 305. The van der Waals surface area contributed by atoms with Gasteiger partial charge in [0, 0.05) is 17.7 Å². The first-order valence-corrected chi connectivity index (χ1v) is 4.44. The van der Waals surface area contributed by atoms with E-state index in [1.165, 1.54) is 0 Å². The highest BCUT2D eigenvalue weighted by Gasteiger charge is 2.16. The Morgan fingerprint density at radius 3 is 2.29 bits per heavy atom. The summed E-state index contributed by atoms with van der Waals surface area (Å²) in [5, 5.41) is 8.93. The van der Waals surface area contributed by atoms with Crippen molar-refractivity contribution < 1.29 is 13.9 Å². The van der Waals surface area contributed by atoms with Crippen LogP contribution in [-0.2, 0) is 0 Å². The maximum atomic E-state index is 13.2. The van der Waals surface area contributed by atoms with Gasteiger partial charge in [0.1, 0.15) is 17.4 Å². The van der Waals surface area contributed by atoms with Crippen LogP contribution >= 0.6 is 0 Å². The minimum Gasteiger partial charge on any atom is -0.508 e. The number of nitrogens with two attached hydrogens (primary N) is 1. The van der Waals surface area contributed by atoms with E-state index in [0.29, 0.717) is 13.0 Å². The fraction of sp³-hybridized carbons (Fsp3) is 0.400. The molecule has 0 spiro atoms. The van der Waals surface area contributed by atoms with Gasteiger partial charge in [0.2, 0.25) is 0 Å². The average molecular weight is 201 g/mol. The Morgan fingerprint density at radius 1 is 1.36 bits per heavy atom. The monoisotopic (exact) mass is 201 g/mol. The van der Waals surface area contributed by atoms with Crippen LogP contribution in [0.3, 0.4) is 0 Å². The van der Waals surface area contributed by atoms with Crippen LogP contribution in [0.15, 0.2) is 12.1 Å². The summed E-state index contributed by atoms with van der Waals surface area (Å²) in [6.07, 6.45) is 0.513. The molecule has 1 unspecified atom stereocenters. The molecule has 0 saturated carbocycles. The number of phenols is 1. The third kappa shape index (κ3) is 2.20. The van der Waals surface area contributed by atoms with Crippen LogP contribution in [0.5, 0.6) is 5.75 Å². The largest absolute Gasteiger partial charge is 0.508 e. The van der Waals surface area contributed by atoms with Crippen molar-refractivity contribution >= 4 is 0 Å². The molecule has 3 N–H and O–H groups in total. The molecule has 0 aromatic heterocycles. The molecule has 0 aliphatic carbocycles. The molecule has 1 atom stereocenters. The van der Waals surface area contributed by atoms with Crippen LogP contribution in [0.25, 0.3) is 0 Å². The zero-order valence-electron chi connectivity index (χ0n) is 7.93. The number of benzene rings is 1. The molecule has 0 bridgehead atoms. The third-order valence-corrected chi connectivity index (χ3v) is 2.16. The van der Waals surface area contributed by atoms with Crippen molar-refractivity contribution in [3.63, 3.8) is 0 Å². The fourth-order valence-electron chi connectivity index (χ4n) is 1.44. The van der Waals surface area contributed by atoms with Crippen molar-refractivity contribution in [2.45, 2.75) is 19.3 Å². The predicted octanol–water partition coefficient (Wildman–Crippen LogP) is 2.12. The lowest BCUT2D eigenvalue weighted by Crippen LogP contribution is -2.08. The first-order chi connectivity index (χ1) is 6.56. The highest BCUT2D eigenvalue weighted by atomic mass is 19.1. The molecule has 0 aliphatic rings. The normalized spacial score (nSPS) is 12.9. The minimum atomic E-state index is -0.719. The lowest BCUT2D eigenvalue weighted by Gasteiger charge is -2.12. The van der Waals surface area contributed by atoms with Crippen molar-refractivity contribution in [1.82, 2.24) is 0 Å². The maximum absolute atomic E-state index is 13.2. The second-order valence-electron chi connectivity index (χ2n) is 3.30. The number of rotatable bonds is 3. The second kappa shape index (κ2) is 4.37. The molecule has 4 heteroatoms. The van der Waals surface area contributed by atoms with E-state index in [2.05, 4.69) is 0 Å². The van der Waals surface area contributed by atoms with Gasteiger partial charge < -0.3 is 10.8 Å². The molecular weight excluding hydrogens is 188 g/mol. The second-order valence-corrected chi connectivity index (χ2v) is 3.30. The Hall–Kier alpha value is -1.16. The Morgan fingerprint density at radius 2 is 1.86 bits per heavy atom. The van der Waals surface area contributed by atoms with Crippen LogP contribution in [-0.4, -0.2) is 11.7 Å². The molecule has 0 saturated heterocycles. The standard InChI is InChI=1S/C10H13F2NO/c1-6(2-3-13)10-8(11)4-7(14)5-9(10)12/h4-6,14H,2-3,13H2,1H3. The van der Waals surface area contributed by atoms with Gasteiger partial charge >= 0.3 is 0 Å².